The molecule has 3 heteroatoms. The molecule has 18 heavy (non-hydrogen) atoms. The predicted molar refractivity (Wildman–Crippen MR) is 76.1 cm³/mol. The molecule has 1 fully saturated rings. The van der Waals surface area contributed by atoms with Gasteiger partial charge >= 0.3 is 0 Å². The Morgan fingerprint density at radius 1 is 1.28 bits per heavy atom. The molecule has 1 aliphatic rings. The zero-order valence-electron chi connectivity index (χ0n) is 11.2. The van der Waals surface area contributed by atoms with E-state index >= 15 is 0 Å². The van der Waals surface area contributed by atoms with Gasteiger partial charge in [-0.15, -0.1) is 0 Å². The Kier molecular flexibility index (Phi) is 5.04. The summed E-state index contributed by atoms with van der Waals surface area (Å²) in [7, 11) is 1.81. The highest BCUT2D eigenvalue weighted by Gasteiger charge is 2.22. The maximum atomic E-state index is 6.03. The molecule has 0 aliphatic heterocycles. The molecule has 1 aliphatic carbocycles. The Bertz CT molecular complexity index is 375. The van der Waals surface area contributed by atoms with Crippen LogP contribution in [0.1, 0.15) is 44.2 Å². The van der Waals surface area contributed by atoms with Crippen LogP contribution < -0.4 is 5.32 Å². The molecule has 0 heterocycles. The quantitative estimate of drug-likeness (QED) is 0.892. The van der Waals surface area contributed by atoms with E-state index in [2.05, 4.69) is 18.3 Å². The van der Waals surface area contributed by atoms with Crippen LogP contribution in [0.15, 0.2) is 24.3 Å². The first-order chi connectivity index (χ1) is 8.69. The summed E-state index contributed by atoms with van der Waals surface area (Å²) >= 11 is 6.03. The molecule has 2 rings (SSSR count). The van der Waals surface area contributed by atoms with Crippen LogP contribution in [0.4, 0.5) is 0 Å². The van der Waals surface area contributed by atoms with E-state index in [1.54, 1.807) is 0 Å². The lowest BCUT2D eigenvalue weighted by molar-refractivity contribution is 0.0614. The third kappa shape index (κ3) is 3.71. The second-order valence-corrected chi connectivity index (χ2v) is 5.59. The zero-order chi connectivity index (χ0) is 13.0. The number of rotatable bonds is 4. The SMILES string of the molecule is COC1CCC(N[C@@H](C)c2cccc(Cl)c2)CC1. The molecule has 0 saturated heterocycles. The fraction of sp³-hybridized carbons (Fsp3) is 0.600. The van der Waals surface area contributed by atoms with E-state index in [1.807, 2.05) is 25.3 Å². The highest BCUT2D eigenvalue weighted by molar-refractivity contribution is 6.30. The number of hydrogen-bond donors (Lipinski definition) is 1. The fourth-order valence-electron chi connectivity index (χ4n) is 2.69. The second kappa shape index (κ2) is 6.55. The molecule has 1 aromatic rings. The van der Waals surface area contributed by atoms with Gasteiger partial charge in [-0.2, -0.15) is 0 Å². The van der Waals surface area contributed by atoms with Crippen molar-refractivity contribution >= 4 is 11.6 Å². The maximum Gasteiger partial charge on any atom is 0.0572 e. The Morgan fingerprint density at radius 3 is 2.61 bits per heavy atom. The third-order valence-electron chi connectivity index (χ3n) is 3.84. The molecular formula is C15H22ClNO. The molecule has 0 aromatic heterocycles. The minimum absolute atomic E-state index is 0.354. The summed E-state index contributed by atoms with van der Waals surface area (Å²) in [5, 5.41) is 4.50. The molecule has 0 radical (unpaired) electrons. The van der Waals surface area contributed by atoms with E-state index in [-0.39, 0.29) is 0 Å². The van der Waals surface area contributed by atoms with E-state index in [1.165, 1.54) is 18.4 Å². The number of benzene rings is 1. The fourth-order valence-corrected chi connectivity index (χ4v) is 2.89. The molecular weight excluding hydrogens is 246 g/mol. The number of methoxy groups -OCH3 is 1. The highest BCUT2D eigenvalue weighted by atomic mass is 35.5. The van der Waals surface area contributed by atoms with E-state index in [0.717, 1.165) is 17.9 Å². The van der Waals surface area contributed by atoms with Gasteiger partial charge in [0.1, 0.15) is 0 Å². The maximum absolute atomic E-state index is 6.03. The summed E-state index contributed by atoms with van der Waals surface area (Å²) in [6.45, 7) is 2.20. The Labute approximate surface area is 115 Å². The lowest BCUT2D eigenvalue weighted by atomic mass is 9.92. The normalized spacial score (nSPS) is 25.9. The summed E-state index contributed by atoms with van der Waals surface area (Å²) in [6.07, 6.45) is 5.18. The molecule has 0 amide bonds. The molecule has 0 bridgehead atoms. The van der Waals surface area contributed by atoms with Crippen LogP contribution in [0.5, 0.6) is 0 Å². The van der Waals surface area contributed by atoms with Crippen molar-refractivity contribution in [1.29, 1.82) is 0 Å². The van der Waals surface area contributed by atoms with Crippen molar-refractivity contribution in [2.24, 2.45) is 0 Å². The Balaban J connectivity index is 1.86. The average Bonchev–Trinajstić information content (AvgIpc) is 2.39. The van der Waals surface area contributed by atoms with Gasteiger partial charge in [-0.05, 0) is 50.3 Å². The van der Waals surface area contributed by atoms with Crippen molar-refractivity contribution in [3.8, 4) is 0 Å². The van der Waals surface area contributed by atoms with Crippen LogP contribution in [0, 0.1) is 0 Å². The monoisotopic (exact) mass is 267 g/mol. The standard InChI is InChI=1S/C15H22ClNO/c1-11(12-4-3-5-13(16)10-12)17-14-6-8-15(18-2)9-7-14/h3-5,10-11,14-15,17H,6-9H2,1-2H3/t11-,14?,15?/m0/s1. The molecule has 1 aromatic carbocycles. The largest absolute Gasteiger partial charge is 0.381 e. The topological polar surface area (TPSA) is 21.3 Å². The van der Waals surface area contributed by atoms with Crippen molar-refractivity contribution in [2.45, 2.75) is 50.8 Å². The van der Waals surface area contributed by atoms with Crippen molar-refractivity contribution < 1.29 is 4.74 Å². The van der Waals surface area contributed by atoms with Gasteiger partial charge in [0.15, 0.2) is 0 Å². The number of hydrogen-bond acceptors (Lipinski definition) is 2. The molecule has 0 unspecified atom stereocenters. The van der Waals surface area contributed by atoms with Crippen LogP contribution in [-0.2, 0) is 4.74 Å². The molecule has 1 atom stereocenters. The third-order valence-corrected chi connectivity index (χ3v) is 4.08. The van der Waals surface area contributed by atoms with E-state index in [4.69, 9.17) is 16.3 Å². The summed E-state index contributed by atoms with van der Waals surface area (Å²) in [5.74, 6) is 0. The van der Waals surface area contributed by atoms with Crippen LogP contribution >= 0.6 is 11.6 Å². The minimum atomic E-state index is 0.354. The summed E-state index contributed by atoms with van der Waals surface area (Å²) in [6, 6.07) is 9.06. The van der Waals surface area contributed by atoms with Gasteiger partial charge < -0.3 is 10.1 Å². The predicted octanol–water partition coefficient (Wildman–Crippen LogP) is 3.95. The van der Waals surface area contributed by atoms with Crippen molar-refractivity contribution in [3.63, 3.8) is 0 Å². The summed E-state index contributed by atoms with van der Waals surface area (Å²) in [5.41, 5.74) is 1.26. The summed E-state index contributed by atoms with van der Waals surface area (Å²) in [4.78, 5) is 0. The molecule has 2 nitrogen and oxygen atoms in total. The smallest absolute Gasteiger partial charge is 0.0572 e. The van der Waals surface area contributed by atoms with Gasteiger partial charge in [-0.25, -0.2) is 0 Å². The van der Waals surface area contributed by atoms with Gasteiger partial charge in [0.05, 0.1) is 6.10 Å². The van der Waals surface area contributed by atoms with Gasteiger partial charge in [-0.1, -0.05) is 23.7 Å². The second-order valence-electron chi connectivity index (χ2n) is 5.15. The summed E-state index contributed by atoms with van der Waals surface area (Å²) < 4.78 is 5.40. The van der Waals surface area contributed by atoms with Crippen LogP contribution in [0.3, 0.4) is 0 Å². The van der Waals surface area contributed by atoms with Crippen molar-refractivity contribution in [2.75, 3.05) is 7.11 Å². The molecule has 0 spiro atoms. The molecule has 100 valence electrons. The van der Waals surface area contributed by atoms with Gasteiger partial charge in [0.2, 0.25) is 0 Å². The molecule has 1 N–H and O–H groups in total. The minimum Gasteiger partial charge on any atom is -0.381 e. The van der Waals surface area contributed by atoms with E-state index < -0.39 is 0 Å². The van der Waals surface area contributed by atoms with Crippen LogP contribution in [0.2, 0.25) is 5.02 Å². The highest BCUT2D eigenvalue weighted by Crippen LogP contribution is 2.24. The first kappa shape index (κ1) is 13.9. The lowest BCUT2D eigenvalue weighted by Crippen LogP contribution is -2.36. The Hall–Kier alpha value is -0.570. The van der Waals surface area contributed by atoms with Crippen LogP contribution in [0.25, 0.3) is 0 Å². The van der Waals surface area contributed by atoms with Crippen LogP contribution in [-0.4, -0.2) is 19.3 Å². The first-order valence-corrected chi connectivity index (χ1v) is 7.11. The lowest BCUT2D eigenvalue weighted by Gasteiger charge is -2.30. The van der Waals surface area contributed by atoms with E-state index in [9.17, 15) is 0 Å². The van der Waals surface area contributed by atoms with Gasteiger partial charge in [0, 0.05) is 24.2 Å². The Morgan fingerprint density at radius 2 is 2.00 bits per heavy atom. The number of nitrogens with one attached hydrogen (secondary N) is 1. The van der Waals surface area contributed by atoms with Gasteiger partial charge in [-0.3, -0.25) is 0 Å². The average molecular weight is 268 g/mol. The van der Waals surface area contributed by atoms with Crippen molar-refractivity contribution in [1.82, 2.24) is 5.32 Å². The van der Waals surface area contributed by atoms with E-state index in [0.29, 0.717) is 18.2 Å². The zero-order valence-corrected chi connectivity index (χ0v) is 11.9. The number of ether oxygens (including phenoxy) is 1. The van der Waals surface area contributed by atoms with Crippen molar-refractivity contribution in [3.05, 3.63) is 34.9 Å². The van der Waals surface area contributed by atoms with Gasteiger partial charge in [0.25, 0.3) is 0 Å². The number of halogens is 1. The first-order valence-electron chi connectivity index (χ1n) is 6.73. The molecule has 1 saturated carbocycles.